The summed E-state index contributed by atoms with van der Waals surface area (Å²) in [6.07, 6.45) is 1.78. The van der Waals surface area contributed by atoms with Gasteiger partial charge in [0.25, 0.3) is 0 Å². The smallest absolute Gasteiger partial charge is 0.126 e. The first kappa shape index (κ1) is 13.2. The molecule has 1 heterocycles. The molecular formula is C15H18N2O2. The highest BCUT2D eigenvalue weighted by Gasteiger charge is 2.00. The van der Waals surface area contributed by atoms with E-state index in [1.807, 2.05) is 43.3 Å². The molecule has 2 rings (SSSR count). The second-order valence-corrected chi connectivity index (χ2v) is 4.05. The number of benzene rings is 1. The number of rotatable bonds is 6. The van der Waals surface area contributed by atoms with Crippen LogP contribution < -0.4 is 14.8 Å². The van der Waals surface area contributed by atoms with Crippen molar-refractivity contribution in [1.82, 2.24) is 4.98 Å². The third kappa shape index (κ3) is 3.88. The molecule has 1 N–H and O–H groups in total. The zero-order valence-corrected chi connectivity index (χ0v) is 11.2. The predicted octanol–water partition coefficient (Wildman–Crippen LogP) is 3.10. The molecule has 100 valence electrons. The maximum absolute atomic E-state index is 5.73. The molecule has 4 heteroatoms. The summed E-state index contributed by atoms with van der Waals surface area (Å²) in [6.45, 7) is 3.41. The molecule has 0 unspecified atom stereocenters. The zero-order valence-electron chi connectivity index (χ0n) is 11.2. The SMILES string of the molecule is CCNc1cc(COc2cccc(OC)c2)ccn1. The van der Waals surface area contributed by atoms with E-state index in [1.54, 1.807) is 13.3 Å². The first-order valence-corrected chi connectivity index (χ1v) is 6.27. The summed E-state index contributed by atoms with van der Waals surface area (Å²) in [4.78, 5) is 4.22. The Morgan fingerprint density at radius 1 is 1.16 bits per heavy atom. The third-order valence-corrected chi connectivity index (χ3v) is 2.63. The fourth-order valence-electron chi connectivity index (χ4n) is 1.70. The summed E-state index contributed by atoms with van der Waals surface area (Å²) >= 11 is 0. The molecule has 0 amide bonds. The zero-order chi connectivity index (χ0) is 13.5. The lowest BCUT2D eigenvalue weighted by Gasteiger charge is -2.09. The average molecular weight is 258 g/mol. The Kier molecular flexibility index (Phi) is 4.61. The molecule has 0 fully saturated rings. The van der Waals surface area contributed by atoms with Crippen molar-refractivity contribution in [3.63, 3.8) is 0 Å². The number of anilines is 1. The maximum Gasteiger partial charge on any atom is 0.126 e. The van der Waals surface area contributed by atoms with Crippen LogP contribution in [0.15, 0.2) is 42.6 Å². The lowest BCUT2D eigenvalue weighted by Crippen LogP contribution is -2.01. The molecule has 0 aliphatic heterocycles. The van der Waals surface area contributed by atoms with Crippen molar-refractivity contribution in [1.29, 1.82) is 0 Å². The molecular weight excluding hydrogens is 240 g/mol. The van der Waals surface area contributed by atoms with Crippen LogP contribution in [-0.4, -0.2) is 18.6 Å². The van der Waals surface area contributed by atoms with E-state index < -0.39 is 0 Å². The Balaban J connectivity index is 1.99. The number of hydrogen-bond donors (Lipinski definition) is 1. The van der Waals surface area contributed by atoms with Gasteiger partial charge in [-0.2, -0.15) is 0 Å². The minimum Gasteiger partial charge on any atom is -0.497 e. The lowest BCUT2D eigenvalue weighted by molar-refractivity contribution is 0.303. The largest absolute Gasteiger partial charge is 0.497 e. The van der Waals surface area contributed by atoms with Crippen molar-refractivity contribution in [3.05, 3.63) is 48.2 Å². The summed E-state index contributed by atoms with van der Waals surface area (Å²) in [5.74, 6) is 2.45. The minimum atomic E-state index is 0.508. The van der Waals surface area contributed by atoms with Gasteiger partial charge in [0.05, 0.1) is 7.11 Å². The van der Waals surface area contributed by atoms with E-state index in [0.717, 1.165) is 29.4 Å². The number of nitrogens with zero attached hydrogens (tertiary/aromatic N) is 1. The highest BCUT2D eigenvalue weighted by molar-refractivity contribution is 5.37. The first-order chi connectivity index (χ1) is 9.31. The van der Waals surface area contributed by atoms with E-state index in [2.05, 4.69) is 10.3 Å². The number of hydrogen-bond acceptors (Lipinski definition) is 4. The topological polar surface area (TPSA) is 43.4 Å². The van der Waals surface area contributed by atoms with Crippen LogP contribution in [0.2, 0.25) is 0 Å². The standard InChI is InChI=1S/C15H18N2O2/c1-3-16-15-9-12(7-8-17-15)11-19-14-6-4-5-13(10-14)18-2/h4-10H,3,11H2,1-2H3,(H,16,17). The minimum absolute atomic E-state index is 0.508. The Hall–Kier alpha value is -2.23. The predicted molar refractivity (Wildman–Crippen MR) is 75.7 cm³/mol. The van der Waals surface area contributed by atoms with Crippen LogP contribution in [0.5, 0.6) is 11.5 Å². The van der Waals surface area contributed by atoms with Gasteiger partial charge in [0.15, 0.2) is 0 Å². The van der Waals surface area contributed by atoms with Gasteiger partial charge in [0, 0.05) is 18.8 Å². The highest BCUT2D eigenvalue weighted by atomic mass is 16.5. The molecule has 0 saturated carbocycles. The Morgan fingerprint density at radius 2 is 2.00 bits per heavy atom. The van der Waals surface area contributed by atoms with Crippen LogP contribution in [0.4, 0.5) is 5.82 Å². The molecule has 1 aromatic carbocycles. The Bertz CT molecular complexity index is 529. The second kappa shape index (κ2) is 6.64. The van der Waals surface area contributed by atoms with Gasteiger partial charge in [0.1, 0.15) is 23.9 Å². The molecule has 19 heavy (non-hydrogen) atoms. The van der Waals surface area contributed by atoms with Gasteiger partial charge in [-0.3, -0.25) is 0 Å². The monoisotopic (exact) mass is 258 g/mol. The van der Waals surface area contributed by atoms with E-state index in [1.165, 1.54) is 0 Å². The molecule has 0 spiro atoms. The molecule has 0 bridgehead atoms. The van der Waals surface area contributed by atoms with E-state index in [9.17, 15) is 0 Å². The fraction of sp³-hybridized carbons (Fsp3) is 0.267. The number of aromatic nitrogens is 1. The molecule has 0 atom stereocenters. The van der Waals surface area contributed by atoms with Crippen molar-refractivity contribution in [2.75, 3.05) is 19.0 Å². The number of pyridine rings is 1. The number of nitrogens with one attached hydrogen (secondary N) is 1. The quantitative estimate of drug-likeness (QED) is 0.864. The van der Waals surface area contributed by atoms with E-state index in [0.29, 0.717) is 6.61 Å². The first-order valence-electron chi connectivity index (χ1n) is 6.27. The molecule has 1 aromatic heterocycles. The van der Waals surface area contributed by atoms with E-state index in [4.69, 9.17) is 9.47 Å². The van der Waals surface area contributed by atoms with Crippen molar-refractivity contribution < 1.29 is 9.47 Å². The summed E-state index contributed by atoms with van der Waals surface area (Å²) < 4.78 is 10.9. The van der Waals surface area contributed by atoms with Gasteiger partial charge < -0.3 is 14.8 Å². The number of ether oxygens (including phenoxy) is 2. The average Bonchev–Trinajstić information content (AvgIpc) is 2.46. The van der Waals surface area contributed by atoms with Crippen LogP contribution in [0.1, 0.15) is 12.5 Å². The van der Waals surface area contributed by atoms with Gasteiger partial charge in [-0.15, -0.1) is 0 Å². The van der Waals surface area contributed by atoms with Gasteiger partial charge in [-0.25, -0.2) is 4.98 Å². The normalized spacial score (nSPS) is 10.0. The second-order valence-electron chi connectivity index (χ2n) is 4.05. The lowest BCUT2D eigenvalue weighted by atomic mass is 10.2. The van der Waals surface area contributed by atoms with Gasteiger partial charge in [-0.05, 0) is 36.8 Å². The molecule has 0 aliphatic carbocycles. The summed E-state index contributed by atoms with van der Waals surface area (Å²) in [5.41, 5.74) is 1.08. The molecule has 4 nitrogen and oxygen atoms in total. The van der Waals surface area contributed by atoms with E-state index in [-0.39, 0.29) is 0 Å². The number of methoxy groups -OCH3 is 1. The van der Waals surface area contributed by atoms with Crippen LogP contribution in [0.3, 0.4) is 0 Å². The van der Waals surface area contributed by atoms with Crippen LogP contribution in [-0.2, 0) is 6.61 Å². The molecule has 0 saturated heterocycles. The fourth-order valence-corrected chi connectivity index (χ4v) is 1.70. The molecule has 0 radical (unpaired) electrons. The van der Waals surface area contributed by atoms with Gasteiger partial charge in [0.2, 0.25) is 0 Å². The van der Waals surface area contributed by atoms with Crippen molar-refractivity contribution in [2.45, 2.75) is 13.5 Å². The van der Waals surface area contributed by atoms with Crippen LogP contribution in [0, 0.1) is 0 Å². The van der Waals surface area contributed by atoms with Crippen LogP contribution >= 0.6 is 0 Å². The molecule has 0 aliphatic rings. The summed E-state index contributed by atoms with van der Waals surface area (Å²) in [6, 6.07) is 11.5. The Labute approximate surface area is 113 Å². The Morgan fingerprint density at radius 3 is 2.79 bits per heavy atom. The van der Waals surface area contributed by atoms with Gasteiger partial charge >= 0.3 is 0 Å². The van der Waals surface area contributed by atoms with Crippen molar-refractivity contribution in [3.8, 4) is 11.5 Å². The van der Waals surface area contributed by atoms with Crippen LogP contribution in [0.25, 0.3) is 0 Å². The molecule has 2 aromatic rings. The van der Waals surface area contributed by atoms with E-state index >= 15 is 0 Å². The summed E-state index contributed by atoms with van der Waals surface area (Å²) in [5, 5.41) is 3.18. The third-order valence-electron chi connectivity index (χ3n) is 2.63. The van der Waals surface area contributed by atoms with Crippen molar-refractivity contribution >= 4 is 5.82 Å². The van der Waals surface area contributed by atoms with Crippen molar-refractivity contribution in [2.24, 2.45) is 0 Å². The summed E-state index contributed by atoms with van der Waals surface area (Å²) in [7, 11) is 1.64. The highest BCUT2D eigenvalue weighted by Crippen LogP contribution is 2.20. The van der Waals surface area contributed by atoms with Gasteiger partial charge in [-0.1, -0.05) is 6.07 Å². The maximum atomic E-state index is 5.73.